The summed E-state index contributed by atoms with van der Waals surface area (Å²) >= 11 is 11.3. The Balaban J connectivity index is 2.33. The number of nitrogens with one attached hydrogen (secondary N) is 1. The highest BCUT2D eigenvalue weighted by Crippen LogP contribution is 2.17. The molecule has 0 aromatic rings. The fourth-order valence-corrected chi connectivity index (χ4v) is 2.26. The topological polar surface area (TPSA) is 32.3 Å². The zero-order chi connectivity index (χ0) is 11.1. The second-order valence-electron chi connectivity index (χ2n) is 3.80. The first kappa shape index (κ1) is 12.9. The molecule has 3 nitrogen and oxygen atoms in total. The van der Waals surface area contributed by atoms with E-state index < -0.39 is 0 Å². The Morgan fingerprint density at radius 3 is 2.20 bits per heavy atom. The van der Waals surface area contributed by atoms with Crippen LogP contribution < -0.4 is 5.32 Å². The predicted octanol–water partition coefficient (Wildman–Crippen LogP) is 2.42. The van der Waals surface area contributed by atoms with Gasteiger partial charge in [0.1, 0.15) is 0 Å². The average Bonchev–Trinajstić information content (AvgIpc) is 2.70. The zero-order valence-electron chi connectivity index (χ0n) is 8.85. The highest BCUT2D eigenvalue weighted by Gasteiger charge is 2.20. The quantitative estimate of drug-likeness (QED) is 0.750. The first-order chi connectivity index (χ1) is 7.27. The number of hydrogen-bond donors (Lipinski definition) is 1. The number of carbonyl (C=O) groups excluding carboxylic acids is 1. The van der Waals surface area contributed by atoms with Crippen molar-refractivity contribution in [2.24, 2.45) is 0 Å². The second kappa shape index (κ2) is 7.18. The maximum absolute atomic E-state index is 11.8. The molecule has 0 atom stereocenters. The lowest BCUT2D eigenvalue weighted by molar-refractivity contribution is 0.200. The summed E-state index contributed by atoms with van der Waals surface area (Å²) in [7, 11) is 0. The fraction of sp³-hybridized carbons (Fsp3) is 0.900. The van der Waals surface area contributed by atoms with E-state index in [1.165, 1.54) is 12.8 Å². The van der Waals surface area contributed by atoms with Gasteiger partial charge in [0, 0.05) is 30.9 Å². The number of urea groups is 1. The van der Waals surface area contributed by atoms with Gasteiger partial charge in [-0.3, -0.25) is 0 Å². The first-order valence-corrected chi connectivity index (χ1v) is 6.52. The van der Waals surface area contributed by atoms with E-state index in [0.29, 0.717) is 30.9 Å². The van der Waals surface area contributed by atoms with Gasteiger partial charge in [-0.2, -0.15) is 0 Å². The lowest BCUT2D eigenvalue weighted by atomic mass is 10.2. The van der Waals surface area contributed by atoms with Crippen molar-refractivity contribution >= 4 is 29.2 Å². The van der Waals surface area contributed by atoms with Crippen LogP contribution in [0.25, 0.3) is 0 Å². The number of hydrogen-bond acceptors (Lipinski definition) is 1. The molecule has 1 aliphatic rings. The van der Waals surface area contributed by atoms with Crippen LogP contribution in [0, 0.1) is 0 Å². The lowest BCUT2D eigenvalue weighted by Crippen LogP contribution is -2.45. The van der Waals surface area contributed by atoms with Crippen molar-refractivity contribution in [2.45, 2.75) is 31.7 Å². The van der Waals surface area contributed by atoms with Crippen molar-refractivity contribution in [3.05, 3.63) is 0 Å². The number of alkyl halides is 2. The Labute approximate surface area is 101 Å². The van der Waals surface area contributed by atoms with E-state index in [4.69, 9.17) is 23.2 Å². The van der Waals surface area contributed by atoms with Crippen molar-refractivity contribution in [3.8, 4) is 0 Å². The van der Waals surface area contributed by atoms with Crippen molar-refractivity contribution in [3.63, 3.8) is 0 Å². The lowest BCUT2D eigenvalue weighted by Gasteiger charge is -2.23. The normalized spacial score (nSPS) is 16.7. The van der Waals surface area contributed by atoms with Gasteiger partial charge < -0.3 is 10.2 Å². The molecule has 1 saturated carbocycles. The van der Waals surface area contributed by atoms with Crippen LogP contribution in [0.1, 0.15) is 25.7 Å². The summed E-state index contributed by atoms with van der Waals surface area (Å²) in [6.45, 7) is 1.12. The van der Waals surface area contributed by atoms with Crippen LogP contribution in [-0.2, 0) is 0 Å². The molecule has 1 rings (SSSR count). The molecule has 0 saturated heterocycles. The molecule has 0 aliphatic heterocycles. The van der Waals surface area contributed by atoms with Crippen molar-refractivity contribution in [2.75, 3.05) is 24.8 Å². The Morgan fingerprint density at radius 1 is 1.20 bits per heavy atom. The first-order valence-electron chi connectivity index (χ1n) is 5.45. The molecule has 1 N–H and O–H groups in total. The maximum atomic E-state index is 11.8. The molecule has 1 aliphatic carbocycles. The van der Waals surface area contributed by atoms with E-state index in [-0.39, 0.29) is 6.03 Å². The van der Waals surface area contributed by atoms with Gasteiger partial charge in [-0.1, -0.05) is 12.8 Å². The van der Waals surface area contributed by atoms with Gasteiger partial charge in [0.2, 0.25) is 0 Å². The number of amides is 2. The molecule has 0 unspecified atom stereocenters. The Morgan fingerprint density at radius 2 is 1.73 bits per heavy atom. The third-order valence-corrected chi connectivity index (χ3v) is 3.02. The molecule has 0 aromatic heterocycles. The Hall–Kier alpha value is -0.150. The maximum Gasteiger partial charge on any atom is 0.317 e. The van der Waals surface area contributed by atoms with E-state index in [2.05, 4.69) is 5.32 Å². The fourth-order valence-electron chi connectivity index (χ4n) is 1.85. The van der Waals surface area contributed by atoms with Gasteiger partial charge in [0.05, 0.1) is 0 Å². The highest BCUT2D eigenvalue weighted by atomic mass is 35.5. The van der Waals surface area contributed by atoms with Gasteiger partial charge in [0.25, 0.3) is 0 Å². The van der Waals surface area contributed by atoms with E-state index >= 15 is 0 Å². The molecule has 0 bridgehead atoms. The van der Waals surface area contributed by atoms with Crippen LogP contribution in [0.5, 0.6) is 0 Å². The molecular formula is C10H18Cl2N2O. The Kier molecular flexibility index (Phi) is 6.18. The molecule has 0 aromatic carbocycles. The van der Waals surface area contributed by atoms with E-state index in [1.54, 1.807) is 4.90 Å². The van der Waals surface area contributed by atoms with Crippen LogP contribution in [0.15, 0.2) is 0 Å². The van der Waals surface area contributed by atoms with Crippen LogP contribution >= 0.6 is 23.2 Å². The van der Waals surface area contributed by atoms with Crippen LogP contribution in [0.3, 0.4) is 0 Å². The molecule has 0 heterocycles. The largest absolute Gasteiger partial charge is 0.335 e. The monoisotopic (exact) mass is 252 g/mol. The number of nitrogens with zero attached hydrogens (tertiary/aromatic N) is 1. The molecule has 0 radical (unpaired) electrons. The van der Waals surface area contributed by atoms with E-state index in [9.17, 15) is 4.79 Å². The van der Waals surface area contributed by atoms with Gasteiger partial charge in [-0.05, 0) is 12.8 Å². The molecule has 1 fully saturated rings. The van der Waals surface area contributed by atoms with Crippen LogP contribution in [0.4, 0.5) is 4.79 Å². The summed E-state index contributed by atoms with van der Waals surface area (Å²) in [6.07, 6.45) is 4.63. The molecular weight excluding hydrogens is 235 g/mol. The Bertz CT molecular complexity index is 190. The third kappa shape index (κ3) is 4.47. The zero-order valence-corrected chi connectivity index (χ0v) is 10.4. The SMILES string of the molecule is O=C(NC1CCCC1)N(CCCl)CCCl. The van der Waals surface area contributed by atoms with Crippen molar-refractivity contribution in [1.82, 2.24) is 10.2 Å². The average molecular weight is 253 g/mol. The minimum atomic E-state index is -0.0248. The molecule has 88 valence electrons. The van der Waals surface area contributed by atoms with Crippen LogP contribution in [0.2, 0.25) is 0 Å². The van der Waals surface area contributed by atoms with Crippen molar-refractivity contribution < 1.29 is 4.79 Å². The highest BCUT2D eigenvalue weighted by molar-refractivity contribution is 6.18. The predicted molar refractivity (Wildman–Crippen MR) is 63.8 cm³/mol. The smallest absolute Gasteiger partial charge is 0.317 e. The van der Waals surface area contributed by atoms with Crippen LogP contribution in [-0.4, -0.2) is 41.8 Å². The van der Waals surface area contributed by atoms with E-state index in [1.807, 2.05) is 0 Å². The van der Waals surface area contributed by atoms with Gasteiger partial charge in [-0.25, -0.2) is 4.79 Å². The molecule has 0 spiro atoms. The summed E-state index contributed by atoms with van der Waals surface area (Å²) in [6, 6.07) is 0.328. The number of halogens is 2. The summed E-state index contributed by atoms with van der Waals surface area (Å²) in [5, 5.41) is 3.02. The number of carbonyl (C=O) groups is 1. The van der Waals surface area contributed by atoms with Crippen molar-refractivity contribution in [1.29, 1.82) is 0 Å². The van der Waals surface area contributed by atoms with Gasteiger partial charge in [0.15, 0.2) is 0 Å². The van der Waals surface area contributed by atoms with Gasteiger partial charge in [-0.15, -0.1) is 23.2 Å². The summed E-state index contributed by atoms with van der Waals surface area (Å²) in [5.41, 5.74) is 0. The minimum Gasteiger partial charge on any atom is -0.335 e. The summed E-state index contributed by atoms with van der Waals surface area (Å²) in [4.78, 5) is 13.5. The standard InChI is InChI=1S/C10H18Cl2N2O/c11-5-7-14(8-6-12)10(15)13-9-3-1-2-4-9/h9H,1-8H2,(H,13,15). The minimum absolute atomic E-state index is 0.0248. The number of rotatable bonds is 5. The third-order valence-electron chi connectivity index (χ3n) is 2.68. The molecule has 15 heavy (non-hydrogen) atoms. The second-order valence-corrected chi connectivity index (χ2v) is 4.55. The van der Waals surface area contributed by atoms with Gasteiger partial charge >= 0.3 is 6.03 Å². The summed E-state index contributed by atoms with van der Waals surface area (Å²) in [5.74, 6) is 0.907. The molecule has 2 amide bonds. The summed E-state index contributed by atoms with van der Waals surface area (Å²) < 4.78 is 0. The van der Waals surface area contributed by atoms with E-state index in [0.717, 1.165) is 12.8 Å². The molecule has 5 heteroatoms.